The Morgan fingerprint density at radius 2 is 1.64 bits per heavy atom. The topological polar surface area (TPSA) is 71.5 Å². The van der Waals surface area contributed by atoms with E-state index in [-0.39, 0.29) is 22.7 Å². The molecule has 0 aliphatic rings. The van der Waals surface area contributed by atoms with E-state index in [0.29, 0.717) is 12.4 Å². The van der Waals surface area contributed by atoms with Gasteiger partial charge in [0.25, 0.3) is 0 Å². The van der Waals surface area contributed by atoms with Crippen LogP contribution >= 0.6 is 0 Å². The Labute approximate surface area is 164 Å². The third-order valence-corrected chi connectivity index (χ3v) is 6.19. The summed E-state index contributed by atoms with van der Waals surface area (Å²) < 4.78 is 55.7. The molecular weight excluding hydrogens is 388 g/mol. The molecule has 6 nitrogen and oxygen atoms in total. The van der Waals surface area contributed by atoms with Gasteiger partial charge < -0.3 is 10.1 Å². The summed E-state index contributed by atoms with van der Waals surface area (Å²) in [4.78, 5) is 4.31. The van der Waals surface area contributed by atoms with Crippen molar-refractivity contribution in [3.8, 4) is 5.75 Å². The van der Waals surface area contributed by atoms with E-state index < -0.39 is 16.6 Å². The number of sulfonamides is 1. The normalized spacial score (nSPS) is 12.2. The first-order chi connectivity index (χ1) is 13.1. The van der Waals surface area contributed by atoms with Crippen molar-refractivity contribution in [2.45, 2.75) is 57.8 Å². The Kier molecular flexibility index (Phi) is 7.31. The van der Waals surface area contributed by atoms with Crippen LogP contribution in [0.5, 0.6) is 5.75 Å². The molecule has 0 fully saturated rings. The number of nitrogens with one attached hydrogen (secondary N) is 1. The average molecular weight is 413 g/mol. The van der Waals surface area contributed by atoms with Gasteiger partial charge in [0.05, 0.1) is 0 Å². The first-order valence-electron chi connectivity index (χ1n) is 8.88. The highest BCUT2D eigenvalue weighted by Gasteiger charge is 2.29. The quantitative estimate of drug-likeness (QED) is 0.670. The number of alkyl halides is 2. The highest BCUT2D eigenvalue weighted by atomic mass is 32.2. The van der Waals surface area contributed by atoms with Crippen LogP contribution in [0.1, 0.15) is 33.3 Å². The van der Waals surface area contributed by atoms with Gasteiger partial charge in [-0.2, -0.15) is 13.1 Å². The second-order valence-electron chi connectivity index (χ2n) is 6.78. The lowest BCUT2D eigenvalue weighted by atomic mass is 10.2. The third-order valence-electron chi connectivity index (χ3n) is 3.95. The van der Waals surface area contributed by atoms with Gasteiger partial charge in [0.1, 0.15) is 16.5 Å². The van der Waals surface area contributed by atoms with Crippen LogP contribution in [-0.2, 0) is 16.6 Å². The molecular formula is C19H25F2N3O3S. The standard InChI is InChI=1S/C19H25F2N3O3S/c1-13(2)24(14(3)4)28(25,26)17-9-10-18(23-12-17)22-11-15-5-7-16(8-6-15)27-19(20)21/h5-10,12-14,19H,11H2,1-4H3,(H,22,23). The zero-order valence-corrected chi connectivity index (χ0v) is 17.1. The molecule has 0 unspecified atom stereocenters. The van der Waals surface area contributed by atoms with E-state index in [2.05, 4.69) is 15.0 Å². The van der Waals surface area contributed by atoms with Crippen LogP contribution in [0.4, 0.5) is 14.6 Å². The van der Waals surface area contributed by atoms with Crippen LogP contribution in [0.3, 0.4) is 0 Å². The number of aromatic nitrogens is 1. The largest absolute Gasteiger partial charge is 0.435 e. The zero-order valence-electron chi connectivity index (χ0n) is 16.3. The number of hydrogen-bond acceptors (Lipinski definition) is 5. The van der Waals surface area contributed by atoms with E-state index in [9.17, 15) is 17.2 Å². The fraction of sp³-hybridized carbons (Fsp3) is 0.421. The molecule has 2 aromatic rings. The van der Waals surface area contributed by atoms with E-state index in [1.54, 1.807) is 18.2 Å². The van der Waals surface area contributed by atoms with E-state index in [1.807, 2.05) is 27.7 Å². The van der Waals surface area contributed by atoms with E-state index in [4.69, 9.17) is 0 Å². The molecule has 9 heteroatoms. The van der Waals surface area contributed by atoms with Crippen LogP contribution in [0, 0.1) is 0 Å². The molecule has 0 atom stereocenters. The van der Waals surface area contributed by atoms with Crippen molar-refractivity contribution < 1.29 is 21.9 Å². The van der Waals surface area contributed by atoms with E-state index in [0.717, 1.165) is 5.56 Å². The number of nitrogens with zero attached hydrogens (tertiary/aromatic N) is 2. The molecule has 0 aliphatic heterocycles. The molecule has 1 N–H and O–H groups in total. The maximum Gasteiger partial charge on any atom is 0.387 e. The van der Waals surface area contributed by atoms with Crippen molar-refractivity contribution in [3.63, 3.8) is 0 Å². The van der Waals surface area contributed by atoms with E-state index in [1.165, 1.54) is 28.7 Å². The Morgan fingerprint density at radius 1 is 1.04 bits per heavy atom. The zero-order chi connectivity index (χ0) is 20.9. The van der Waals surface area contributed by atoms with Crippen molar-refractivity contribution in [3.05, 3.63) is 48.2 Å². The van der Waals surface area contributed by atoms with Gasteiger partial charge in [0.15, 0.2) is 0 Å². The molecule has 0 saturated carbocycles. The monoisotopic (exact) mass is 413 g/mol. The molecule has 28 heavy (non-hydrogen) atoms. The van der Waals surface area contributed by atoms with Crippen molar-refractivity contribution >= 4 is 15.8 Å². The number of rotatable bonds is 9. The van der Waals surface area contributed by atoms with Crippen molar-refractivity contribution in [1.29, 1.82) is 0 Å². The summed E-state index contributed by atoms with van der Waals surface area (Å²) in [6.07, 6.45) is 1.33. The number of pyridine rings is 1. The Balaban J connectivity index is 2.04. The highest BCUT2D eigenvalue weighted by Crippen LogP contribution is 2.21. The van der Waals surface area contributed by atoms with Gasteiger partial charge in [-0.3, -0.25) is 0 Å². The van der Waals surface area contributed by atoms with Gasteiger partial charge in [0.2, 0.25) is 10.0 Å². The molecule has 0 saturated heterocycles. The van der Waals surface area contributed by atoms with Crippen LogP contribution < -0.4 is 10.1 Å². The molecule has 0 amide bonds. The second kappa shape index (κ2) is 9.29. The summed E-state index contributed by atoms with van der Waals surface area (Å²) in [5.74, 6) is 0.596. The lowest BCUT2D eigenvalue weighted by molar-refractivity contribution is -0.0498. The minimum absolute atomic E-state index is 0.0892. The molecule has 1 aromatic carbocycles. The SMILES string of the molecule is CC(C)N(C(C)C)S(=O)(=O)c1ccc(NCc2ccc(OC(F)F)cc2)nc1. The minimum Gasteiger partial charge on any atom is -0.435 e. The number of benzene rings is 1. The number of ether oxygens (including phenoxy) is 1. The predicted octanol–water partition coefficient (Wildman–Crippen LogP) is 4.10. The maximum atomic E-state index is 12.8. The van der Waals surface area contributed by atoms with Crippen LogP contribution in [0.2, 0.25) is 0 Å². The van der Waals surface area contributed by atoms with Gasteiger partial charge >= 0.3 is 6.61 Å². The Hall–Kier alpha value is -2.26. The van der Waals surface area contributed by atoms with Crippen molar-refractivity contribution in [1.82, 2.24) is 9.29 Å². The molecule has 0 aliphatic carbocycles. The first kappa shape index (κ1) is 22.0. The lowest BCUT2D eigenvalue weighted by Gasteiger charge is -2.29. The summed E-state index contributed by atoms with van der Waals surface area (Å²) in [5, 5.41) is 3.07. The Morgan fingerprint density at radius 3 is 2.11 bits per heavy atom. The predicted molar refractivity (Wildman–Crippen MR) is 104 cm³/mol. The second-order valence-corrected chi connectivity index (χ2v) is 8.62. The Bertz CT molecular complexity index is 847. The van der Waals surface area contributed by atoms with Gasteiger partial charge in [0, 0.05) is 24.8 Å². The van der Waals surface area contributed by atoms with Crippen molar-refractivity contribution in [2.75, 3.05) is 5.32 Å². The molecule has 0 radical (unpaired) electrons. The van der Waals surface area contributed by atoms with Crippen LogP contribution in [-0.4, -0.2) is 36.4 Å². The fourth-order valence-electron chi connectivity index (χ4n) is 2.89. The third kappa shape index (κ3) is 5.62. The number of anilines is 1. The van der Waals surface area contributed by atoms with Gasteiger partial charge in [-0.1, -0.05) is 12.1 Å². The lowest BCUT2D eigenvalue weighted by Crippen LogP contribution is -2.41. The summed E-state index contributed by atoms with van der Waals surface area (Å²) in [7, 11) is -3.63. The summed E-state index contributed by atoms with van der Waals surface area (Å²) in [6.45, 7) is 4.87. The molecule has 1 aromatic heterocycles. The first-order valence-corrected chi connectivity index (χ1v) is 10.3. The van der Waals surface area contributed by atoms with Crippen LogP contribution in [0.25, 0.3) is 0 Å². The van der Waals surface area contributed by atoms with Crippen LogP contribution in [0.15, 0.2) is 47.5 Å². The number of halogens is 2. The maximum absolute atomic E-state index is 12.8. The molecule has 154 valence electrons. The summed E-state index contributed by atoms with van der Waals surface area (Å²) >= 11 is 0. The molecule has 1 heterocycles. The summed E-state index contributed by atoms with van der Waals surface area (Å²) in [6, 6.07) is 9.01. The van der Waals surface area contributed by atoms with Crippen molar-refractivity contribution in [2.24, 2.45) is 0 Å². The van der Waals surface area contributed by atoms with Gasteiger partial charge in [-0.25, -0.2) is 13.4 Å². The highest BCUT2D eigenvalue weighted by molar-refractivity contribution is 7.89. The van der Waals surface area contributed by atoms with E-state index >= 15 is 0 Å². The summed E-state index contributed by atoms with van der Waals surface area (Å²) in [5.41, 5.74) is 0.839. The molecule has 0 bridgehead atoms. The number of hydrogen-bond donors (Lipinski definition) is 1. The van der Waals surface area contributed by atoms with Gasteiger partial charge in [-0.15, -0.1) is 0 Å². The van der Waals surface area contributed by atoms with Gasteiger partial charge in [-0.05, 0) is 57.5 Å². The molecule has 0 spiro atoms. The molecule has 2 rings (SSSR count). The minimum atomic E-state index is -3.63. The fourth-order valence-corrected chi connectivity index (χ4v) is 4.67. The average Bonchev–Trinajstić information content (AvgIpc) is 2.60. The smallest absolute Gasteiger partial charge is 0.387 e.